The van der Waals surface area contributed by atoms with Crippen LogP contribution in [0.1, 0.15) is 63.9 Å². The largest absolute Gasteiger partial charge is 0.352 e. The number of nitrogens with zero attached hydrogens (tertiary/aromatic N) is 2. The van der Waals surface area contributed by atoms with Gasteiger partial charge in [0.1, 0.15) is 6.04 Å². The molecule has 1 N–H and O–H groups in total. The molecule has 10 heteroatoms. The maximum atomic E-state index is 13.8. The molecule has 41 heavy (non-hydrogen) atoms. The van der Waals surface area contributed by atoms with Gasteiger partial charge in [0.05, 0.1) is 20.6 Å². The number of carbonyl (C=O) groups is 2. The minimum Gasteiger partial charge on any atom is -0.352 e. The maximum absolute atomic E-state index is 13.8. The van der Waals surface area contributed by atoms with E-state index < -0.39 is 16.1 Å². The molecule has 1 aliphatic heterocycles. The number of halogens is 2. The highest BCUT2D eigenvalue weighted by molar-refractivity contribution is 7.93. The van der Waals surface area contributed by atoms with E-state index in [1.807, 2.05) is 25.1 Å². The summed E-state index contributed by atoms with van der Waals surface area (Å²) in [5.74, 6) is -0.369. The summed E-state index contributed by atoms with van der Waals surface area (Å²) in [4.78, 5) is 29.1. The van der Waals surface area contributed by atoms with Crippen molar-refractivity contribution >= 4 is 61.5 Å². The average molecular weight is 617 g/mol. The highest BCUT2D eigenvalue weighted by Crippen LogP contribution is 2.42. The second kappa shape index (κ2) is 12.6. The van der Waals surface area contributed by atoms with Gasteiger partial charge in [0, 0.05) is 30.9 Å². The molecule has 1 fully saturated rings. The molecule has 0 spiro atoms. The number of hydrogen-bond donors (Lipinski definition) is 1. The van der Waals surface area contributed by atoms with Gasteiger partial charge in [0.15, 0.2) is 0 Å². The Kier molecular flexibility index (Phi) is 9.12. The molecule has 2 aliphatic rings. The first-order chi connectivity index (χ1) is 19.7. The Hall–Kier alpha value is -2.81. The first-order valence-corrected chi connectivity index (χ1v) is 16.5. The number of nitrogens with one attached hydrogen (secondary N) is 1. The maximum Gasteiger partial charge on any atom is 0.265 e. The third-order valence-corrected chi connectivity index (χ3v) is 10.7. The van der Waals surface area contributed by atoms with Crippen LogP contribution in [0.2, 0.25) is 10.0 Å². The Labute approximate surface area is 251 Å². The van der Waals surface area contributed by atoms with Crippen molar-refractivity contribution in [2.75, 3.05) is 10.8 Å². The molecule has 1 atom stereocenters. The van der Waals surface area contributed by atoms with Crippen LogP contribution in [-0.2, 0) is 26.2 Å². The van der Waals surface area contributed by atoms with E-state index in [-0.39, 0.29) is 37.4 Å². The molecular formula is C31H35Cl2N3O4S. The van der Waals surface area contributed by atoms with Crippen LogP contribution in [0.25, 0.3) is 10.8 Å². The molecule has 7 nitrogen and oxygen atoms in total. The molecule has 5 rings (SSSR count). The van der Waals surface area contributed by atoms with Gasteiger partial charge in [0.2, 0.25) is 11.8 Å². The molecule has 1 saturated carbocycles. The highest BCUT2D eigenvalue weighted by atomic mass is 35.5. The van der Waals surface area contributed by atoms with Gasteiger partial charge in [-0.25, -0.2) is 8.42 Å². The zero-order valence-corrected chi connectivity index (χ0v) is 25.4. The van der Waals surface area contributed by atoms with E-state index in [2.05, 4.69) is 5.32 Å². The van der Waals surface area contributed by atoms with Gasteiger partial charge in [-0.15, -0.1) is 0 Å². The summed E-state index contributed by atoms with van der Waals surface area (Å²) in [5, 5.41) is 5.55. The predicted molar refractivity (Wildman–Crippen MR) is 164 cm³/mol. The van der Waals surface area contributed by atoms with E-state index in [4.69, 9.17) is 23.2 Å². The van der Waals surface area contributed by atoms with Crippen LogP contribution < -0.4 is 9.62 Å². The van der Waals surface area contributed by atoms with Crippen molar-refractivity contribution in [3.8, 4) is 0 Å². The van der Waals surface area contributed by atoms with Crippen LogP contribution in [0.5, 0.6) is 0 Å². The van der Waals surface area contributed by atoms with Gasteiger partial charge in [-0.05, 0) is 60.9 Å². The number of amides is 2. The zero-order valence-electron chi connectivity index (χ0n) is 23.1. The molecule has 218 valence electrons. The quantitative estimate of drug-likeness (QED) is 0.275. The van der Waals surface area contributed by atoms with E-state index in [0.29, 0.717) is 38.9 Å². The molecule has 1 heterocycles. The number of hydrogen-bond acceptors (Lipinski definition) is 4. The van der Waals surface area contributed by atoms with Gasteiger partial charge in [-0.3, -0.25) is 13.9 Å². The van der Waals surface area contributed by atoms with Crippen molar-refractivity contribution in [1.82, 2.24) is 10.2 Å². The van der Waals surface area contributed by atoms with Crippen molar-refractivity contribution in [3.63, 3.8) is 0 Å². The van der Waals surface area contributed by atoms with Crippen LogP contribution in [0.3, 0.4) is 0 Å². The van der Waals surface area contributed by atoms with E-state index in [0.717, 1.165) is 36.6 Å². The molecular weight excluding hydrogens is 581 g/mol. The van der Waals surface area contributed by atoms with Crippen LogP contribution >= 0.6 is 23.2 Å². The molecule has 0 radical (unpaired) electrons. The van der Waals surface area contributed by atoms with Crippen molar-refractivity contribution in [3.05, 3.63) is 70.2 Å². The smallest absolute Gasteiger partial charge is 0.265 e. The minimum absolute atomic E-state index is 0.0902. The lowest BCUT2D eigenvalue weighted by Crippen LogP contribution is -2.51. The normalized spacial score (nSPS) is 17.0. The lowest BCUT2D eigenvalue weighted by Gasteiger charge is -2.33. The summed E-state index contributed by atoms with van der Waals surface area (Å²) in [6.45, 7) is 2.25. The Morgan fingerprint density at radius 2 is 1.76 bits per heavy atom. The zero-order chi connectivity index (χ0) is 29.1. The van der Waals surface area contributed by atoms with Gasteiger partial charge in [-0.2, -0.15) is 0 Å². The number of sulfonamides is 1. The standard InChI is InChI=1S/C31H35Cl2N3O4S/c1-2-26(31(38)34-23-11-4-3-5-12-23)35(20-21-16-17-24(32)25(33)19-21)29(37)15-8-18-36-27-13-6-9-22-10-7-14-28(30(22)27)41(36,39)40/h6-7,9-10,13-14,16-17,19,23,26H,2-5,8,11-12,15,18,20H2,1H3,(H,34,38). The fourth-order valence-electron chi connectivity index (χ4n) is 6.01. The number of carbonyl (C=O) groups excluding carboxylic acids is 2. The second-order valence-corrected chi connectivity index (χ2v) is 13.5. The Morgan fingerprint density at radius 1 is 1.02 bits per heavy atom. The summed E-state index contributed by atoms with van der Waals surface area (Å²) in [6.07, 6.45) is 6.09. The Morgan fingerprint density at radius 3 is 2.46 bits per heavy atom. The van der Waals surface area contributed by atoms with Gasteiger partial charge >= 0.3 is 0 Å². The number of benzene rings is 3. The Bertz CT molecular complexity index is 1550. The van der Waals surface area contributed by atoms with E-state index in [9.17, 15) is 18.0 Å². The summed E-state index contributed by atoms with van der Waals surface area (Å²) < 4.78 is 28.1. The van der Waals surface area contributed by atoms with Crippen LogP contribution in [-0.4, -0.2) is 43.8 Å². The third kappa shape index (κ3) is 6.20. The van der Waals surface area contributed by atoms with Gasteiger partial charge < -0.3 is 10.2 Å². The lowest BCUT2D eigenvalue weighted by atomic mass is 9.95. The summed E-state index contributed by atoms with van der Waals surface area (Å²) in [6, 6.07) is 15.5. The molecule has 0 saturated heterocycles. The molecule has 0 aromatic heterocycles. The summed E-state index contributed by atoms with van der Waals surface area (Å²) >= 11 is 12.4. The van der Waals surface area contributed by atoms with E-state index in [1.165, 1.54) is 10.7 Å². The molecule has 3 aromatic carbocycles. The first-order valence-electron chi connectivity index (χ1n) is 14.3. The van der Waals surface area contributed by atoms with Crippen molar-refractivity contribution in [2.24, 2.45) is 0 Å². The molecule has 1 aliphatic carbocycles. The fraction of sp³-hybridized carbons (Fsp3) is 0.419. The molecule has 0 bridgehead atoms. The topological polar surface area (TPSA) is 86.8 Å². The number of rotatable bonds is 10. The first kappa shape index (κ1) is 29.7. The Balaban J connectivity index is 1.33. The van der Waals surface area contributed by atoms with E-state index in [1.54, 1.807) is 41.3 Å². The highest BCUT2D eigenvalue weighted by Gasteiger charge is 2.36. The average Bonchev–Trinajstić information content (AvgIpc) is 3.18. The number of anilines is 1. The SMILES string of the molecule is CCC(C(=O)NC1CCCCC1)N(Cc1ccc(Cl)c(Cl)c1)C(=O)CCCN1c2cccc3cccc(c23)S1(=O)=O. The lowest BCUT2D eigenvalue weighted by molar-refractivity contribution is -0.141. The van der Waals surface area contributed by atoms with Crippen LogP contribution in [0.4, 0.5) is 5.69 Å². The third-order valence-electron chi connectivity index (χ3n) is 8.11. The molecule has 3 aromatic rings. The predicted octanol–water partition coefficient (Wildman–Crippen LogP) is 6.69. The minimum atomic E-state index is -3.71. The van der Waals surface area contributed by atoms with Gasteiger partial charge in [0.25, 0.3) is 10.0 Å². The molecule has 2 amide bonds. The van der Waals surface area contributed by atoms with Crippen LogP contribution in [0, 0.1) is 0 Å². The van der Waals surface area contributed by atoms with Crippen molar-refractivity contribution in [2.45, 2.75) is 81.8 Å². The van der Waals surface area contributed by atoms with E-state index >= 15 is 0 Å². The summed E-state index contributed by atoms with van der Waals surface area (Å²) in [7, 11) is -3.71. The summed E-state index contributed by atoms with van der Waals surface area (Å²) in [5.41, 5.74) is 1.40. The van der Waals surface area contributed by atoms with Crippen LogP contribution in [0.15, 0.2) is 59.5 Å². The molecule has 1 unspecified atom stereocenters. The monoisotopic (exact) mass is 615 g/mol. The van der Waals surface area contributed by atoms with Gasteiger partial charge in [-0.1, -0.05) is 79.7 Å². The second-order valence-electron chi connectivity index (χ2n) is 10.8. The van der Waals surface area contributed by atoms with Crippen molar-refractivity contribution in [1.29, 1.82) is 0 Å². The fourth-order valence-corrected chi connectivity index (χ4v) is 8.08. The van der Waals surface area contributed by atoms with Crippen molar-refractivity contribution < 1.29 is 18.0 Å².